The Morgan fingerprint density at radius 1 is 1.21 bits per heavy atom. The van der Waals surface area contributed by atoms with Crippen molar-refractivity contribution in [1.82, 2.24) is 29.8 Å². The zero-order chi connectivity index (χ0) is 17.1. The van der Waals surface area contributed by atoms with Crippen LogP contribution < -0.4 is 5.32 Å². The van der Waals surface area contributed by atoms with E-state index < -0.39 is 0 Å². The molecule has 1 fully saturated rings. The molecule has 1 saturated heterocycles. The van der Waals surface area contributed by atoms with Crippen LogP contribution in [0.15, 0.2) is 6.07 Å². The molecule has 1 aromatic heterocycles. The number of hydrogen-bond acceptors (Lipinski definition) is 4. The fourth-order valence-electron chi connectivity index (χ4n) is 3.43. The average molecular weight is 334 g/mol. The summed E-state index contributed by atoms with van der Waals surface area (Å²) in [4.78, 5) is 18.9. The molecule has 2 aliphatic heterocycles. The van der Waals surface area contributed by atoms with Gasteiger partial charge in [-0.15, -0.1) is 0 Å². The molecule has 7 heteroatoms. The molecule has 0 aromatic carbocycles. The molecule has 134 valence electrons. The maximum absolute atomic E-state index is 12.2. The number of urea groups is 1. The maximum Gasteiger partial charge on any atom is 0.317 e. The largest absolute Gasteiger partial charge is 0.332 e. The molecule has 0 aliphatic carbocycles. The minimum absolute atomic E-state index is 0.0236. The van der Waals surface area contributed by atoms with Crippen LogP contribution in [0.5, 0.6) is 0 Å². The van der Waals surface area contributed by atoms with Crippen molar-refractivity contribution in [3.63, 3.8) is 0 Å². The van der Waals surface area contributed by atoms with Crippen molar-refractivity contribution in [2.75, 3.05) is 46.3 Å². The monoisotopic (exact) mass is 334 g/mol. The summed E-state index contributed by atoms with van der Waals surface area (Å²) in [6.45, 7) is 12.6. The fraction of sp³-hybridized carbons (Fsp3) is 0.765. The van der Waals surface area contributed by atoms with Crippen molar-refractivity contribution in [2.24, 2.45) is 5.92 Å². The van der Waals surface area contributed by atoms with Crippen molar-refractivity contribution in [1.29, 1.82) is 0 Å². The fourth-order valence-corrected chi connectivity index (χ4v) is 3.43. The van der Waals surface area contributed by atoms with Crippen LogP contribution in [0.2, 0.25) is 0 Å². The van der Waals surface area contributed by atoms with Gasteiger partial charge in [0, 0.05) is 45.8 Å². The van der Waals surface area contributed by atoms with E-state index in [1.807, 2.05) is 4.90 Å². The second kappa shape index (κ2) is 7.53. The molecule has 1 N–H and O–H groups in total. The summed E-state index contributed by atoms with van der Waals surface area (Å²) in [5.41, 5.74) is 2.21. The first kappa shape index (κ1) is 17.2. The summed E-state index contributed by atoms with van der Waals surface area (Å²) in [5, 5.41) is 7.66. The molecule has 1 aromatic rings. The number of rotatable bonds is 4. The van der Waals surface area contributed by atoms with Crippen LogP contribution in [0.4, 0.5) is 4.79 Å². The van der Waals surface area contributed by atoms with Crippen molar-refractivity contribution in [3.8, 4) is 0 Å². The summed E-state index contributed by atoms with van der Waals surface area (Å²) in [6, 6.07) is 2.16. The summed E-state index contributed by atoms with van der Waals surface area (Å²) >= 11 is 0. The average Bonchev–Trinajstić information content (AvgIpc) is 2.95. The Morgan fingerprint density at radius 2 is 1.96 bits per heavy atom. The highest BCUT2D eigenvalue weighted by Crippen LogP contribution is 2.15. The van der Waals surface area contributed by atoms with Gasteiger partial charge in [-0.2, -0.15) is 5.10 Å². The SMILES string of the molecule is CC(C)CN1CCn2nc(CNC(=O)N3CCN(C)CC3)cc2C1. The number of nitrogens with one attached hydrogen (secondary N) is 1. The number of fused-ring (bicyclic) bond motifs is 1. The lowest BCUT2D eigenvalue weighted by Crippen LogP contribution is -2.50. The zero-order valence-electron chi connectivity index (χ0n) is 15.2. The molecule has 3 rings (SSSR count). The van der Waals surface area contributed by atoms with E-state index in [0.29, 0.717) is 12.5 Å². The smallest absolute Gasteiger partial charge is 0.317 e. The van der Waals surface area contributed by atoms with Crippen LogP contribution in [-0.4, -0.2) is 76.8 Å². The van der Waals surface area contributed by atoms with Gasteiger partial charge >= 0.3 is 6.03 Å². The first-order chi connectivity index (χ1) is 11.5. The molecule has 24 heavy (non-hydrogen) atoms. The number of aromatic nitrogens is 2. The maximum atomic E-state index is 12.2. The molecule has 0 bridgehead atoms. The Morgan fingerprint density at radius 3 is 2.67 bits per heavy atom. The van der Waals surface area contributed by atoms with Crippen molar-refractivity contribution < 1.29 is 4.79 Å². The van der Waals surface area contributed by atoms with E-state index >= 15 is 0 Å². The Labute approximate surface area is 144 Å². The van der Waals surface area contributed by atoms with Gasteiger partial charge in [-0.3, -0.25) is 9.58 Å². The van der Waals surface area contributed by atoms with Crippen LogP contribution in [0, 0.1) is 5.92 Å². The topological polar surface area (TPSA) is 56.6 Å². The first-order valence-electron chi connectivity index (χ1n) is 9.00. The van der Waals surface area contributed by atoms with Gasteiger partial charge in [0.05, 0.1) is 24.5 Å². The van der Waals surface area contributed by atoms with Crippen molar-refractivity contribution in [3.05, 3.63) is 17.5 Å². The normalized spacial score (nSPS) is 19.6. The highest BCUT2D eigenvalue weighted by molar-refractivity contribution is 5.74. The predicted octanol–water partition coefficient (Wildman–Crippen LogP) is 0.812. The van der Waals surface area contributed by atoms with Crippen molar-refractivity contribution >= 4 is 6.03 Å². The van der Waals surface area contributed by atoms with Crippen LogP contribution in [0.3, 0.4) is 0 Å². The van der Waals surface area contributed by atoms with Crippen molar-refractivity contribution in [2.45, 2.75) is 33.5 Å². The summed E-state index contributed by atoms with van der Waals surface area (Å²) in [5.74, 6) is 0.682. The Kier molecular flexibility index (Phi) is 5.40. The molecular formula is C17H30N6O. The minimum atomic E-state index is 0.0236. The third kappa shape index (κ3) is 4.27. The van der Waals surface area contributed by atoms with Crippen LogP contribution >= 0.6 is 0 Å². The molecular weight excluding hydrogens is 304 g/mol. The molecule has 3 heterocycles. The van der Waals surface area contributed by atoms with E-state index in [9.17, 15) is 4.79 Å². The van der Waals surface area contributed by atoms with Crippen LogP contribution in [-0.2, 0) is 19.6 Å². The third-order valence-corrected chi connectivity index (χ3v) is 4.76. The number of nitrogens with zero attached hydrogens (tertiary/aromatic N) is 5. The predicted molar refractivity (Wildman–Crippen MR) is 93.6 cm³/mol. The molecule has 2 aliphatic rings. The van der Waals surface area contributed by atoms with Gasteiger partial charge in [-0.1, -0.05) is 13.8 Å². The zero-order valence-corrected chi connectivity index (χ0v) is 15.2. The van der Waals surface area contributed by atoms with Gasteiger partial charge in [0.2, 0.25) is 0 Å². The number of piperazine rings is 1. The van der Waals surface area contributed by atoms with E-state index in [2.05, 4.69) is 51.9 Å². The highest BCUT2D eigenvalue weighted by atomic mass is 16.2. The quantitative estimate of drug-likeness (QED) is 0.885. The number of likely N-dealkylation sites (N-methyl/N-ethyl adjacent to an activating group) is 1. The van der Waals surface area contributed by atoms with Crippen LogP contribution in [0.25, 0.3) is 0 Å². The van der Waals surface area contributed by atoms with Gasteiger partial charge in [0.1, 0.15) is 0 Å². The molecule has 0 atom stereocenters. The lowest BCUT2D eigenvalue weighted by Gasteiger charge is -2.32. The Bertz CT molecular complexity index is 561. The summed E-state index contributed by atoms with van der Waals surface area (Å²) < 4.78 is 2.09. The molecule has 2 amide bonds. The molecule has 0 spiro atoms. The number of amides is 2. The summed E-state index contributed by atoms with van der Waals surface area (Å²) in [6.07, 6.45) is 0. The van der Waals surface area contributed by atoms with E-state index in [1.54, 1.807) is 0 Å². The molecule has 0 unspecified atom stereocenters. The van der Waals surface area contributed by atoms with E-state index in [1.165, 1.54) is 5.69 Å². The second-order valence-corrected chi connectivity index (χ2v) is 7.43. The highest BCUT2D eigenvalue weighted by Gasteiger charge is 2.21. The van der Waals surface area contributed by atoms with E-state index in [0.717, 1.165) is 58.1 Å². The first-order valence-corrected chi connectivity index (χ1v) is 9.00. The molecule has 0 saturated carbocycles. The van der Waals surface area contributed by atoms with E-state index in [4.69, 9.17) is 0 Å². The molecule has 7 nitrogen and oxygen atoms in total. The number of carbonyl (C=O) groups is 1. The molecule has 0 radical (unpaired) electrons. The van der Waals surface area contributed by atoms with Gasteiger partial charge in [-0.25, -0.2) is 4.79 Å². The third-order valence-electron chi connectivity index (χ3n) is 4.76. The summed E-state index contributed by atoms with van der Waals surface area (Å²) in [7, 11) is 2.09. The number of hydrogen-bond donors (Lipinski definition) is 1. The standard InChI is InChI=1S/C17H30N6O/c1-14(2)12-21-6-9-23-16(13-21)10-15(19-23)11-18-17(24)22-7-4-20(3)5-8-22/h10,14H,4-9,11-13H2,1-3H3,(H,18,24). The van der Waals surface area contributed by atoms with Gasteiger partial charge < -0.3 is 15.1 Å². The Balaban J connectivity index is 1.50. The van der Waals surface area contributed by atoms with Gasteiger partial charge in [-0.05, 0) is 19.0 Å². The lowest BCUT2D eigenvalue weighted by atomic mass is 10.2. The van der Waals surface area contributed by atoms with Gasteiger partial charge in [0.15, 0.2) is 0 Å². The second-order valence-electron chi connectivity index (χ2n) is 7.43. The van der Waals surface area contributed by atoms with Gasteiger partial charge in [0.25, 0.3) is 0 Å². The van der Waals surface area contributed by atoms with E-state index in [-0.39, 0.29) is 6.03 Å². The lowest BCUT2D eigenvalue weighted by molar-refractivity contribution is 0.154. The number of carbonyl (C=O) groups excluding carboxylic acids is 1. The minimum Gasteiger partial charge on any atom is -0.332 e. The van der Waals surface area contributed by atoms with Crippen LogP contribution in [0.1, 0.15) is 25.2 Å². The Hall–Kier alpha value is -1.60.